The molecule has 2 rings (SSSR count). The number of hydrogen-bond donors (Lipinski definition) is 1. The van der Waals surface area contributed by atoms with Crippen LogP contribution in [0, 0.1) is 41.5 Å². The van der Waals surface area contributed by atoms with Gasteiger partial charge in [-0.1, -0.05) is 35.4 Å². The summed E-state index contributed by atoms with van der Waals surface area (Å²) in [5, 5.41) is 3.18. The summed E-state index contributed by atoms with van der Waals surface area (Å²) >= 11 is 0. The minimum absolute atomic E-state index is 0.00579. The molecular weight excluding hydrogens is 282 g/mol. The van der Waals surface area contributed by atoms with E-state index in [4.69, 9.17) is 0 Å². The zero-order valence-corrected chi connectivity index (χ0v) is 15.3. The van der Waals surface area contributed by atoms with E-state index in [0.29, 0.717) is 0 Å². The van der Waals surface area contributed by atoms with Gasteiger partial charge in [0.2, 0.25) is 5.91 Å². The normalized spacial score (nSPS) is 11.0. The Hall–Kier alpha value is -2.09. The number of hydrogen-bond acceptors (Lipinski definition) is 1. The first-order valence-electron chi connectivity index (χ1n) is 8.13. The Labute approximate surface area is 139 Å². The van der Waals surface area contributed by atoms with E-state index in [-0.39, 0.29) is 11.9 Å². The molecule has 2 aromatic carbocycles. The maximum absolute atomic E-state index is 11.9. The predicted octanol–water partition coefficient (Wildman–Crippen LogP) is 4.76. The molecule has 0 spiro atoms. The van der Waals surface area contributed by atoms with E-state index in [1.807, 2.05) is 0 Å². The Morgan fingerprint density at radius 1 is 0.739 bits per heavy atom. The average Bonchev–Trinajstić information content (AvgIpc) is 2.34. The fourth-order valence-electron chi connectivity index (χ4n) is 3.78. The second-order valence-corrected chi connectivity index (χ2v) is 6.76. The van der Waals surface area contributed by atoms with Crippen molar-refractivity contribution in [3.8, 4) is 0 Å². The Kier molecular flexibility index (Phi) is 4.93. The first kappa shape index (κ1) is 17.3. The third-order valence-corrected chi connectivity index (χ3v) is 4.40. The molecule has 2 heteroatoms. The highest BCUT2D eigenvalue weighted by atomic mass is 16.1. The van der Waals surface area contributed by atoms with Gasteiger partial charge in [-0.15, -0.1) is 0 Å². The van der Waals surface area contributed by atoms with Gasteiger partial charge in [-0.25, -0.2) is 0 Å². The summed E-state index contributed by atoms with van der Waals surface area (Å²) in [5.41, 5.74) is 9.81. The molecule has 2 aromatic rings. The average molecular weight is 309 g/mol. The molecule has 122 valence electrons. The zero-order chi connectivity index (χ0) is 17.3. The molecule has 0 aliphatic rings. The fourth-order valence-corrected chi connectivity index (χ4v) is 3.78. The standard InChI is InChI=1S/C21H27NO/c1-12-8-14(3)19(15(4)9-12)21(22-18(7)23)20-16(5)10-13(2)11-17(20)6/h8-11,21H,1-7H3,(H,22,23). The van der Waals surface area contributed by atoms with Gasteiger partial charge in [-0.3, -0.25) is 4.79 Å². The molecule has 0 radical (unpaired) electrons. The van der Waals surface area contributed by atoms with Gasteiger partial charge in [-0.05, 0) is 74.9 Å². The molecule has 0 aromatic heterocycles. The van der Waals surface area contributed by atoms with Crippen LogP contribution in [-0.4, -0.2) is 5.91 Å². The second-order valence-electron chi connectivity index (χ2n) is 6.76. The summed E-state index contributed by atoms with van der Waals surface area (Å²) in [4.78, 5) is 11.9. The van der Waals surface area contributed by atoms with Crippen molar-refractivity contribution >= 4 is 5.91 Å². The van der Waals surface area contributed by atoms with Crippen LogP contribution in [0.5, 0.6) is 0 Å². The number of carbonyl (C=O) groups excluding carboxylic acids is 1. The summed E-state index contributed by atoms with van der Waals surface area (Å²) in [5.74, 6) is -0.00579. The summed E-state index contributed by atoms with van der Waals surface area (Å²) in [7, 11) is 0. The molecule has 1 N–H and O–H groups in total. The summed E-state index contributed by atoms with van der Waals surface area (Å²) in [6.07, 6.45) is 0. The molecule has 1 amide bonds. The van der Waals surface area contributed by atoms with E-state index >= 15 is 0 Å². The molecule has 0 bridgehead atoms. The number of amides is 1. The maximum atomic E-state index is 11.9. The molecule has 0 fully saturated rings. The van der Waals surface area contributed by atoms with Gasteiger partial charge in [-0.2, -0.15) is 0 Å². The molecule has 0 atom stereocenters. The van der Waals surface area contributed by atoms with Crippen molar-refractivity contribution < 1.29 is 4.79 Å². The largest absolute Gasteiger partial charge is 0.345 e. The van der Waals surface area contributed by atoms with E-state index in [0.717, 1.165) is 0 Å². The molecule has 0 heterocycles. The van der Waals surface area contributed by atoms with Gasteiger partial charge >= 0.3 is 0 Å². The minimum Gasteiger partial charge on any atom is -0.345 e. The molecule has 0 aliphatic heterocycles. The molecule has 0 saturated carbocycles. The zero-order valence-electron chi connectivity index (χ0n) is 15.3. The molecule has 2 nitrogen and oxygen atoms in total. The van der Waals surface area contributed by atoms with Crippen LogP contribution in [0.25, 0.3) is 0 Å². The van der Waals surface area contributed by atoms with Crippen LogP contribution < -0.4 is 5.32 Å². The van der Waals surface area contributed by atoms with Gasteiger partial charge in [0.25, 0.3) is 0 Å². The van der Waals surface area contributed by atoms with Gasteiger partial charge < -0.3 is 5.32 Å². The van der Waals surface area contributed by atoms with Crippen molar-refractivity contribution in [1.82, 2.24) is 5.32 Å². The second kappa shape index (κ2) is 6.57. The monoisotopic (exact) mass is 309 g/mol. The molecule has 0 unspecified atom stereocenters. The van der Waals surface area contributed by atoms with Gasteiger partial charge in [0.1, 0.15) is 0 Å². The van der Waals surface area contributed by atoms with Crippen molar-refractivity contribution in [1.29, 1.82) is 0 Å². The van der Waals surface area contributed by atoms with Crippen LogP contribution >= 0.6 is 0 Å². The third kappa shape index (κ3) is 3.64. The highest BCUT2D eigenvalue weighted by Gasteiger charge is 2.23. The lowest BCUT2D eigenvalue weighted by molar-refractivity contribution is -0.119. The van der Waals surface area contributed by atoms with E-state index in [9.17, 15) is 4.79 Å². The molecule has 0 aliphatic carbocycles. The molecule has 23 heavy (non-hydrogen) atoms. The Morgan fingerprint density at radius 2 is 1.04 bits per heavy atom. The lowest BCUT2D eigenvalue weighted by Gasteiger charge is -2.27. The van der Waals surface area contributed by atoms with Crippen LogP contribution in [0.1, 0.15) is 57.5 Å². The third-order valence-electron chi connectivity index (χ3n) is 4.40. The fraction of sp³-hybridized carbons (Fsp3) is 0.381. The van der Waals surface area contributed by atoms with Crippen molar-refractivity contribution in [3.05, 3.63) is 68.8 Å². The van der Waals surface area contributed by atoms with Crippen LogP contribution in [-0.2, 0) is 4.79 Å². The van der Waals surface area contributed by atoms with Crippen LogP contribution in [0.15, 0.2) is 24.3 Å². The van der Waals surface area contributed by atoms with Crippen molar-refractivity contribution in [3.63, 3.8) is 0 Å². The smallest absolute Gasteiger partial charge is 0.217 e. The minimum atomic E-state index is -0.103. The SMILES string of the molecule is CC(=O)NC(c1c(C)cc(C)cc1C)c1c(C)cc(C)cc1C. The lowest BCUT2D eigenvalue weighted by atomic mass is 9.85. The van der Waals surface area contributed by atoms with Crippen LogP contribution in [0.3, 0.4) is 0 Å². The molecule has 0 saturated heterocycles. The van der Waals surface area contributed by atoms with E-state index in [1.54, 1.807) is 6.92 Å². The Morgan fingerprint density at radius 3 is 1.30 bits per heavy atom. The number of carbonyl (C=O) groups is 1. The maximum Gasteiger partial charge on any atom is 0.217 e. The van der Waals surface area contributed by atoms with Crippen molar-refractivity contribution in [2.75, 3.05) is 0 Å². The van der Waals surface area contributed by atoms with E-state index in [1.165, 1.54) is 44.5 Å². The van der Waals surface area contributed by atoms with Gasteiger partial charge in [0.15, 0.2) is 0 Å². The highest BCUT2D eigenvalue weighted by molar-refractivity contribution is 5.74. The first-order chi connectivity index (χ1) is 10.7. The number of benzene rings is 2. The summed E-state index contributed by atoms with van der Waals surface area (Å²) < 4.78 is 0. The van der Waals surface area contributed by atoms with Crippen LogP contribution in [0.4, 0.5) is 0 Å². The van der Waals surface area contributed by atoms with Crippen LogP contribution in [0.2, 0.25) is 0 Å². The lowest BCUT2D eigenvalue weighted by Crippen LogP contribution is -2.29. The number of aryl methyl sites for hydroxylation is 6. The summed E-state index contributed by atoms with van der Waals surface area (Å²) in [6, 6.07) is 8.66. The Balaban J connectivity index is 2.72. The van der Waals surface area contributed by atoms with Gasteiger partial charge in [0, 0.05) is 6.92 Å². The highest BCUT2D eigenvalue weighted by Crippen LogP contribution is 2.33. The quantitative estimate of drug-likeness (QED) is 0.870. The van der Waals surface area contributed by atoms with Crippen molar-refractivity contribution in [2.45, 2.75) is 54.5 Å². The number of rotatable bonds is 3. The summed E-state index contributed by atoms with van der Waals surface area (Å²) in [6.45, 7) is 14.3. The topological polar surface area (TPSA) is 29.1 Å². The van der Waals surface area contributed by atoms with E-state index < -0.39 is 0 Å². The van der Waals surface area contributed by atoms with Crippen molar-refractivity contribution in [2.24, 2.45) is 0 Å². The first-order valence-corrected chi connectivity index (χ1v) is 8.13. The predicted molar refractivity (Wildman–Crippen MR) is 97.0 cm³/mol. The molecular formula is C21H27NO. The van der Waals surface area contributed by atoms with Gasteiger partial charge in [0.05, 0.1) is 6.04 Å². The Bertz CT molecular complexity index is 655. The number of nitrogens with one attached hydrogen (secondary N) is 1. The van der Waals surface area contributed by atoms with E-state index in [2.05, 4.69) is 71.1 Å².